The predicted octanol–water partition coefficient (Wildman–Crippen LogP) is 4.10. The van der Waals surface area contributed by atoms with Gasteiger partial charge in [0.2, 0.25) is 0 Å². The van der Waals surface area contributed by atoms with E-state index in [9.17, 15) is 0 Å². The van der Waals surface area contributed by atoms with Crippen molar-refractivity contribution in [2.75, 3.05) is 6.54 Å². The minimum Gasteiger partial charge on any atom is -0.469 e. The first-order valence-corrected chi connectivity index (χ1v) is 8.50. The van der Waals surface area contributed by atoms with Crippen molar-refractivity contribution < 1.29 is 8.83 Å². The van der Waals surface area contributed by atoms with Gasteiger partial charge in [0, 0.05) is 19.0 Å². The average molecular weight is 443 g/mol. The number of furan rings is 2. The number of aliphatic imine (C=N–C) groups is 1. The molecule has 6 heteroatoms. The molecule has 132 valence electrons. The number of hydrogen-bond acceptors (Lipinski definition) is 3. The second kappa shape index (κ2) is 10.4. The molecule has 1 aliphatic rings. The lowest BCUT2D eigenvalue weighted by molar-refractivity contribution is 0.409. The highest BCUT2D eigenvalue weighted by Gasteiger charge is 2.14. The summed E-state index contributed by atoms with van der Waals surface area (Å²) in [5.41, 5.74) is 0. The van der Waals surface area contributed by atoms with Gasteiger partial charge >= 0.3 is 0 Å². The Morgan fingerprint density at radius 2 is 1.75 bits per heavy atom. The van der Waals surface area contributed by atoms with E-state index >= 15 is 0 Å². The summed E-state index contributed by atoms with van der Waals surface area (Å²) >= 11 is 0. The molecule has 1 saturated carbocycles. The highest BCUT2D eigenvalue weighted by Crippen LogP contribution is 2.17. The third kappa shape index (κ3) is 6.22. The van der Waals surface area contributed by atoms with Gasteiger partial charge in [-0.1, -0.05) is 19.3 Å². The summed E-state index contributed by atoms with van der Waals surface area (Å²) in [6.45, 7) is 1.35. The fourth-order valence-corrected chi connectivity index (χ4v) is 2.91. The number of guanidine groups is 1. The molecule has 0 amide bonds. The first-order chi connectivity index (χ1) is 11.4. The molecule has 0 bridgehead atoms. The molecule has 0 atom stereocenters. The molecular formula is C18H26IN3O2. The minimum atomic E-state index is 0. The van der Waals surface area contributed by atoms with Crippen molar-refractivity contribution in [1.29, 1.82) is 0 Å². The zero-order valence-electron chi connectivity index (χ0n) is 13.9. The minimum absolute atomic E-state index is 0. The smallest absolute Gasteiger partial charge is 0.191 e. The van der Waals surface area contributed by atoms with Gasteiger partial charge in [0.15, 0.2) is 5.96 Å². The summed E-state index contributed by atoms with van der Waals surface area (Å²) in [5.74, 6) is 2.72. The Kier molecular flexibility index (Phi) is 8.21. The molecule has 2 aromatic rings. The summed E-state index contributed by atoms with van der Waals surface area (Å²) in [6.07, 6.45) is 10.6. The van der Waals surface area contributed by atoms with Gasteiger partial charge in [-0.05, 0) is 37.1 Å². The molecule has 5 nitrogen and oxygen atoms in total. The maximum absolute atomic E-state index is 5.37. The van der Waals surface area contributed by atoms with Crippen LogP contribution < -0.4 is 10.6 Å². The Hall–Kier alpha value is -1.44. The topological polar surface area (TPSA) is 62.7 Å². The van der Waals surface area contributed by atoms with Gasteiger partial charge in [0.05, 0.1) is 12.5 Å². The number of hydrogen-bond donors (Lipinski definition) is 2. The lowest BCUT2D eigenvalue weighted by atomic mass is 9.96. The fraction of sp³-hybridized carbons (Fsp3) is 0.500. The van der Waals surface area contributed by atoms with Crippen molar-refractivity contribution in [3.63, 3.8) is 0 Å². The SMILES string of the molecule is I.c1coc(CCNC(=NCc2ccco2)NC2CCCCC2)c1. The van der Waals surface area contributed by atoms with Gasteiger partial charge in [-0.2, -0.15) is 0 Å². The molecule has 1 aliphatic carbocycles. The highest BCUT2D eigenvalue weighted by atomic mass is 127. The molecule has 0 unspecified atom stereocenters. The standard InChI is InChI=1S/C18H25N3O2.HI/c1-2-6-15(7-3-1)21-18(20-14-17-9-5-13-23-17)19-11-10-16-8-4-12-22-16;/h4-5,8-9,12-13,15H,1-3,6-7,10-11,14H2,(H2,19,20,21);1H. The van der Waals surface area contributed by atoms with Crippen LogP contribution in [0.2, 0.25) is 0 Å². The van der Waals surface area contributed by atoms with Gasteiger partial charge in [0.1, 0.15) is 18.1 Å². The largest absolute Gasteiger partial charge is 0.469 e. The molecule has 0 spiro atoms. The Morgan fingerprint density at radius 3 is 2.42 bits per heavy atom. The summed E-state index contributed by atoms with van der Waals surface area (Å²) in [5, 5.41) is 6.97. The lowest BCUT2D eigenvalue weighted by Gasteiger charge is -2.25. The zero-order valence-corrected chi connectivity index (χ0v) is 16.2. The van der Waals surface area contributed by atoms with Gasteiger partial charge in [-0.25, -0.2) is 4.99 Å². The van der Waals surface area contributed by atoms with Crippen LogP contribution in [0.25, 0.3) is 0 Å². The summed E-state index contributed by atoms with van der Waals surface area (Å²) in [4.78, 5) is 4.65. The Morgan fingerprint density at radius 1 is 1.04 bits per heavy atom. The van der Waals surface area contributed by atoms with E-state index in [2.05, 4.69) is 15.6 Å². The summed E-state index contributed by atoms with van der Waals surface area (Å²) < 4.78 is 10.7. The van der Waals surface area contributed by atoms with Crippen LogP contribution in [0, 0.1) is 0 Å². The molecule has 2 heterocycles. The van der Waals surface area contributed by atoms with E-state index in [1.54, 1.807) is 12.5 Å². The van der Waals surface area contributed by atoms with Crippen molar-refractivity contribution in [2.45, 2.75) is 51.1 Å². The van der Waals surface area contributed by atoms with Gasteiger partial charge in [-0.3, -0.25) is 0 Å². The van der Waals surface area contributed by atoms with Crippen LogP contribution >= 0.6 is 24.0 Å². The van der Waals surface area contributed by atoms with E-state index in [1.165, 1.54) is 32.1 Å². The van der Waals surface area contributed by atoms with Gasteiger partial charge in [0.25, 0.3) is 0 Å². The van der Waals surface area contributed by atoms with Crippen molar-refractivity contribution in [3.8, 4) is 0 Å². The zero-order chi connectivity index (χ0) is 15.7. The van der Waals surface area contributed by atoms with Crippen LogP contribution in [0.1, 0.15) is 43.6 Å². The first kappa shape index (κ1) is 18.9. The monoisotopic (exact) mass is 443 g/mol. The van der Waals surface area contributed by atoms with Crippen molar-refractivity contribution in [1.82, 2.24) is 10.6 Å². The maximum atomic E-state index is 5.37. The average Bonchev–Trinajstić information content (AvgIpc) is 3.27. The van der Waals surface area contributed by atoms with Gasteiger partial charge in [-0.15, -0.1) is 24.0 Å². The molecule has 24 heavy (non-hydrogen) atoms. The highest BCUT2D eigenvalue weighted by molar-refractivity contribution is 14.0. The van der Waals surface area contributed by atoms with Crippen LogP contribution in [-0.2, 0) is 13.0 Å². The molecule has 0 aliphatic heterocycles. The van der Waals surface area contributed by atoms with Crippen LogP contribution in [0.3, 0.4) is 0 Å². The summed E-state index contributed by atoms with van der Waals surface area (Å²) in [6, 6.07) is 8.28. The van der Waals surface area contributed by atoms with Crippen LogP contribution in [0.5, 0.6) is 0 Å². The molecule has 1 fully saturated rings. The number of rotatable bonds is 6. The van der Waals surface area contributed by atoms with E-state index in [4.69, 9.17) is 8.83 Å². The van der Waals surface area contributed by atoms with E-state index in [0.29, 0.717) is 12.6 Å². The van der Waals surface area contributed by atoms with Crippen molar-refractivity contribution >= 4 is 29.9 Å². The molecule has 0 radical (unpaired) electrons. The van der Waals surface area contributed by atoms with E-state index in [1.807, 2.05) is 24.3 Å². The Bertz CT molecular complexity index is 575. The quantitative estimate of drug-likeness (QED) is 0.401. The molecule has 3 rings (SSSR count). The predicted molar refractivity (Wildman–Crippen MR) is 106 cm³/mol. The Balaban J connectivity index is 0.00000208. The van der Waals surface area contributed by atoms with Crippen LogP contribution in [0.4, 0.5) is 0 Å². The molecule has 0 aromatic carbocycles. The Labute approximate surface area is 160 Å². The molecular weight excluding hydrogens is 417 g/mol. The second-order valence-electron chi connectivity index (χ2n) is 5.98. The van der Waals surface area contributed by atoms with Crippen LogP contribution in [-0.4, -0.2) is 18.5 Å². The molecule has 2 N–H and O–H groups in total. The van der Waals surface area contributed by atoms with Gasteiger partial charge < -0.3 is 19.5 Å². The summed E-state index contributed by atoms with van der Waals surface area (Å²) in [7, 11) is 0. The fourth-order valence-electron chi connectivity index (χ4n) is 2.91. The first-order valence-electron chi connectivity index (χ1n) is 8.50. The maximum Gasteiger partial charge on any atom is 0.191 e. The number of halogens is 1. The van der Waals surface area contributed by atoms with E-state index < -0.39 is 0 Å². The third-order valence-corrected chi connectivity index (χ3v) is 4.16. The number of nitrogens with zero attached hydrogens (tertiary/aromatic N) is 1. The number of nitrogens with one attached hydrogen (secondary N) is 2. The lowest BCUT2D eigenvalue weighted by Crippen LogP contribution is -2.44. The third-order valence-electron chi connectivity index (χ3n) is 4.16. The second-order valence-corrected chi connectivity index (χ2v) is 5.98. The van der Waals surface area contributed by atoms with Crippen LogP contribution in [0.15, 0.2) is 50.6 Å². The van der Waals surface area contributed by atoms with Crippen molar-refractivity contribution in [3.05, 3.63) is 48.3 Å². The normalized spacial score (nSPS) is 15.8. The molecule has 2 aromatic heterocycles. The van der Waals surface area contributed by atoms with E-state index in [0.717, 1.165) is 30.4 Å². The van der Waals surface area contributed by atoms with E-state index in [-0.39, 0.29) is 24.0 Å². The molecule has 0 saturated heterocycles. The van der Waals surface area contributed by atoms with Crippen molar-refractivity contribution in [2.24, 2.45) is 4.99 Å².